The van der Waals surface area contributed by atoms with Crippen LogP contribution >= 0.6 is 11.6 Å². The number of hydrogen-bond donors (Lipinski definition) is 2. The van der Waals surface area contributed by atoms with Crippen LogP contribution in [-0.4, -0.2) is 69.7 Å². The molecule has 0 spiro atoms. The minimum atomic E-state index is -0.834. The van der Waals surface area contributed by atoms with Crippen molar-refractivity contribution in [1.29, 1.82) is 0 Å². The number of rotatable bonds is 5. The Kier molecular flexibility index (Phi) is 6.13. The molecular weight excluding hydrogens is 368 g/mol. The van der Waals surface area contributed by atoms with E-state index < -0.39 is 5.97 Å². The number of nitrogens with one attached hydrogen (secondary N) is 1. The Hall–Kier alpha value is -2.38. The maximum atomic E-state index is 12.9. The molecule has 2 aromatic rings. The number of benzene rings is 1. The fourth-order valence-electron chi connectivity index (χ4n) is 3.47. The van der Waals surface area contributed by atoms with E-state index in [4.69, 9.17) is 16.7 Å². The number of H-pyrrole nitrogens is 1. The summed E-state index contributed by atoms with van der Waals surface area (Å²) in [5.41, 5.74) is 1.85. The second kappa shape index (κ2) is 8.54. The SMILES string of the molecule is CN(CC(=O)O)C1CCCN(C(=O)c2cc(-c3ccccc3Cl)n[nH]2)CC1. The first kappa shape index (κ1) is 19.4. The summed E-state index contributed by atoms with van der Waals surface area (Å²) in [6.45, 7) is 1.25. The van der Waals surface area contributed by atoms with Gasteiger partial charge in [0.15, 0.2) is 0 Å². The van der Waals surface area contributed by atoms with Crippen LogP contribution in [0.4, 0.5) is 0 Å². The number of aromatic amines is 1. The smallest absolute Gasteiger partial charge is 0.317 e. The van der Waals surface area contributed by atoms with Crippen molar-refractivity contribution >= 4 is 23.5 Å². The van der Waals surface area contributed by atoms with Crippen molar-refractivity contribution in [3.05, 3.63) is 41.0 Å². The van der Waals surface area contributed by atoms with Crippen LogP contribution in [-0.2, 0) is 4.79 Å². The highest BCUT2D eigenvalue weighted by Crippen LogP contribution is 2.26. The lowest BCUT2D eigenvalue weighted by atomic mass is 10.1. The number of nitrogens with zero attached hydrogens (tertiary/aromatic N) is 3. The zero-order valence-electron chi connectivity index (χ0n) is 15.2. The van der Waals surface area contributed by atoms with Crippen molar-refractivity contribution in [3.8, 4) is 11.3 Å². The molecule has 2 heterocycles. The molecule has 144 valence electrons. The monoisotopic (exact) mass is 390 g/mol. The number of carboxylic acids is 1. The third-order valence-electron chi connectivity index (χ3n) is 4.95. The molecule has 27 heavy (non-hydrogen) atoms. The summed E-state index contributed by atoms with van der Waals surface area (Å²) >= 11 is 6.20. The third kappa shape index (κ3) is 4.67. The number of carboxylic acid groups (broad SMARTS) is 1. The Labute approximate surface area is 162 Å². The molecule has 3 rings (SSSR count). The molecule has 0 aliphatic carbocycles. The van der Waals surface area contributed by atoms with Crippen LogP contribution in [0.3, 0.4) is 0 Å². The molecule has 1 aromatic heterocycles. The maximum Gasteiger partial charge on any atom is 0.317 e. The van der Waals surface area contributed by atoms with E-state index in [0.717, 1.165) is 24.8 Å². The molecule has 7 nitrogen and oxygen atoms in total. The van der Waals surface area contributed by atoms with Gasteiger partial charge in [-0.15, -0.1) is 0 Å². The molecule has 0 bridgehead atoms. The molecule has 1 aliphatic heterocycles. The summed E-state index contributed by atoms with van der Waals surface area (Å²) in [6.07, 6.45) is 2.47. The Balaban J connectivity index is 1.66. The molecular formula is C19H23ClN4O3. The fourth-order valence-corrected chi connectivity index (χ4v) is 3.71. The van der Waals surface area contributed by atoms with Crippen LogP contribution in [0.25, 0.3) is 11.3 Å². The highest BCUT2D eigenvalue weighted by molar-refractivity contribution is 6.33. The Morgan fingerprint density at radius 1 is 1.33 bits per heavy atom. The number of likely N-dealkylation sites (N-methyl/N-ethyl adjacent to an activating group) is 1. The van der Waals surface area contributed by atoms with E-state index in [9.17, 15) is 9.59 Å². The Bertz CT molecular complexity index is 823. The van der Waals surface area contributed by atoms with Crippen LogP contribution < -0.4 is 0 Å². The van der Waals surface area contributed by atoms with Crippen molar-refractivity contribution in [2.75, 3.05) is 26.7 Å². The van der Waals surface area contributed by atoms with Gasteiger partial charge in [-0.2, -0.15) is 5.10 Å². The zero-order valence-corrected chi connectivity index (χ0v) is 15.9. The molecule has 1 aromatic carbocycles. The topological polar surface area (TPSA) is 89.5 Å². The normalized spacial score (nSPS) is 17.7. The predicted molar refractivity (Wildman–Crippen MR) is 103 cm³/mol. The number of carbonyl (C=O) groups is 2. The quantitative estimate of drug-likeness (QED) is 0.819. The summed E-state index contributed by atoms with van der Waals surface area (Å²) in [4.78, 5) is 27.4. The maximum absolute atomic E-state index is 12.9. The van der Waals surface area contributed by atoms with Crippen molar-refractivity contribution in [2.24, 2.45) is 0 Å². The number of hydrogen-bond acceptors (Lipinski definition) is 4. The van der Waals surface area contributed by atoms with E-state index in [1.54, 1.807) is 17.0 Å². The van der Waals surface area contributed by atoms with Gasteiger partial charge >= 0.3 is 5.97 Å². The van der Waals surface area contributed by atoms with Gasteiger partial charge in [-0.05, 0) is 38.4 Å². The summed E-state index contributed by atoms with van der Waals surface area (Å²) in [5.74, 6) is -0.929. The van der Waals surface area contributed by atoms with E-state index in [2.05, 4.69) is 10.2 Å². The molecule has 1 unspecified atom stereocenters. The molecule has 0 saturated carbocycles. The molecule has 1 saturated heterocycles. The number of likely N-dealkylation sites (tertiary alicyclic amines) is 1. The minimum absolute atomic E-state index is 0.0142. The van der Waals surface area contributed by atoms with Crippen molar-refractivity contribution < 1.29 is 14.7 Å². The van der Waals surface area contributed by atoms with Gasteiger partial charge in [-0.25, -0.2) is 0 Å². The lowest BCUT2D eigenvalue weighted by molar-refractivity contribution is -0.138. The van der Waals surface area contributed by atoms with E-state index in [-0.39, 0.29) is 18.5 Å². The molecule has 1 aliphatic rings. The molecule has 1 fully saturated rings. The first-order valence-electron chi connectivity index (χ1n) is 8.97. The van der Waals surface area contributed by atoms with E-state index in [1.807, 2.05) is 30.1 Å². The molecule has 1 amide bonds. The number of aliphatic carboxylic acids is 1. The molecule has 8 heteroatoms. The van der Waals surface area contributed by atoms with Crippen LogP contribution in [0, 0.1) is 0 Å². The van der Waals surface area contributed by atoms with Gasteiger partial charge in [0.2, 0.25) is 0 Å². The first-order chi connectivity index (χ1) is 13.0. The average molecular weight is 391 g/mol. The van der Waals surface area contributed by atoms with Crippen molar-refractivity contribution in [1.82, 2.24) is 20.0 Å². The van der Waals surface area contributed by atoms with Crippen LogP contribution in [0.15, 0.2) is 30.3 Å². The van der Waals surface area contributed by atoms with Crippen LogP contribution in [0.5, 0.6) is 0 Å². The second-order valence-electron chi connectivity index (χ2n) is 6.83. The van der Waals surface area contributed by atoms with Gasteiger partial charge < -0.3 is 10.0 Å². The van der Waals surface area contributed by atoms with Gasteiger partial charge in [0, 0.05) is 24.7 Å². The fraction of sp³-hybridized carbons (Fsp3) is 0.421. The largest absolute Gasteiger partial charge is 0.480 e. The summed E-state index contributed by atoms with van der Waals surface area (Å²) in [5, 5.41) is 16.6. The average Bonchev–Trinajstić information content (AvgIpc) is 2.98. The van der Waals surface area contributed by atoms with Crippen molar-refractivity contribution in [2.45, 2.75) is 25.3 Å². The van der Waals surface area contributed by atoms with E-state index >= 15 is 0 Å². The zero-order chi connectivity index (χ0) is 19.4. The van der Waals surface area contributed by atoms with Crippen LogP contribution in [0.1, 0.15) is 29.8 Å². The summed E-state index contributed by atoms with van der Waals surface area (Å²) in [7, 11) is 1.82. The van der Waals surface area contributed by atoms with Gasteiger partial charge in [-0.3, -0.25) is 19.6 Å². The molecule has 1 atom stereocenters. The van der Waals surface area contributed by atoms with Gasteiger partial charge in [0.25, 0.3) is 5.91 Å². The predicted octanol–water partition coefficient (Wildman–Crippen LogP) is 2.74. The second-order valence-corrected chi connectivity index (χ2v) is 7.24. The van der Waals surface area contributed by atoms with Gasteiger partial charge in [0.05, 0.1) is 17.3 Å². The highest BCUT2D eigenvalue weighted by atomic mass is 35.5. The molecule has 0 radical (unpaired) electrons. The lowest BCUT2D eigenvalue weighted by Crippen LogP contribution is -2.37. The number of amides is 1. The van der Waals surface area contributed by atoms with E-state index in [1.165, 1.54) is 0 Å². The highest BCUT2D eigenvalue weighted by Gasteiger charge is 2.25. The molecule has 2 N–H and O–H groups in total. The summed E-state index contributed by atoms with van der Waals surface area (Å²) < 4.78 is 0. The minimum Gasteiger partial charge on any atom is -0.480 e. The number of halogens is 1. The van der Waals surface area contributed by atoms with E-state index in [0.29, 0.717) is 29.5 Å². The summed E-state index contributed by atoms with van der Waals surface area (Å²) in [6, 6.07) is 9.26. The number of carbonyl (C=O) groups excluding carboxylic acids is 1. The van der Waals surface area contributed by atoms with Gasteiger partial charge in [0.1, 0.15) is 5.69 Å². The Morgan fingerprint density at radius 2 is 2.11 bits per heavy atom. The third-order valence-corrected chi connectivity index (χ3v) is 5.28. The first-order valence-corrected chi connectivity index (χ1v) is 9.35. The number of aromatic nitrogens is 2. The Morgan fingerprint density at radius 3 is 2.85 bits per heavy atom. The van der Waals surface area contributed by atoms with Crippen LogP contribution in [0.2, 0.25) is 5.02 Å². The van der Waals surface area contributed by atoms with Crippen molar-refractivity contribution in [3.63, 3.8) is 0 Å². The lowest BCUT2D eigenvalue weighted by Gasteiger charge is -2.25. The van der Waals surface area contributed by atoms with Gasteiger partial charge in [-0.1, -0.05) is 29.8 Å². The standard InChI is InChI=1S/C19H23ClN4O3/c1-23(12-18(25)26)13-5-4-9-24(10-8-13)19(27)17-11-16(21-22-17)14-6-2-3-7-15(14)20/h2-3,6-7,11,13H,4-5,8-10,12H2,1H3,(H,21,22)(H,25,26).